The molecule has 0 saturated carbocycles. The number of hydrogen-bond donors (Lipinski definition) is 3. The maximum Gasteiger partial charge on any atom is 0.282 e. The summed E-state index contributed by atoms with van der Waals surface area (Å²) in [6.45, 7) is 0.342. The first kappa shape index (κ1) is 21.2. The first-order valence-electron chi connectivity index (χ1n) is 9.04. The van der Waals surface area contributed by atoms with Crippen molar-refractivity contribution >= 4 is 15.7 Å². The van der Waals surface area contributed by atoms with Gasteiger partial charge in [-0.2, -0.15) is 0 Å². The normalized spacial score (nSPS) is 18.8. The minimum Gasteiger partial charge on any atom is -0.497 e. The fourth-order valence-corrected chi connectivity index (χ4v) is 5.34. The lowest BCUT2D eigenvalue weighted by Crippen LogP contribution is -2.67. The van der Waals surface area contributed by atoms with Crippen molar-refractivity contribution in [3.05, 3.63) is 54.4 Å². The molecule has 0 radical (unpaired) electrons. The number of hydroxylamine groups is 1. The molecule has 0 aliphatic carbocycles. The van der Waals surface area contributed by atoms with Crippen LogP contribution in [0.15, 0.2) is 53.7 Å². The molecule has 1 aromatic heterocycles. The van der Waals surface area contributed by atoms with Gasteiger partial charge in [-0.1, -0.05) is 6.07 Å². The lowest BCUT2D eigenvalue weighted by atomic mass is 10.1. The maximum atomic E-state index is 13.7. The summed E-state index contributed by atoms with van der Waals surface area (Å²) in [5, 5.41) is 12.3. The van der Waals surface area contributed by atoms with Crippen LogP contribution in [-0.4, -0.2) is 49.2 Å². The highest BCUT2D eigenvalue weighted by atomic mass is 32.2. The minimum atomic E-state index is -4.34. The molecule has 1 aliphatic heterocycles. The Hall–Kier alpha value is -2.53. The number of sulfone groups is 1. The van der Waals surface area contributed by atoms with Crippen molar-refractivity contribution in [2.24, 2.45) is 0 Å². The number of rotatable bonds is 8. The summed E-state index contributed by atoms with van der Waals surface area (Å²) >= 11 is 0. The summed E-state index contributed by atoms with van der Waals surface area (Å²) in [7, 11) is -2.87. The third-order valence-corrected chi connectivity index (χ3v) is 7.23. The fourth-order valence-electron chi connectivity index (χ4n) is 3.39. The SMILES string of the molecule is COc1ccc(S(=O)(=O)[C@](NCc2cccnc2)(C(=O)NO)C2CCCO2)cc1. The van der Waals surface area contributed by atoms with Gasteiger partial charge in [-0.15, -0.1) is 0 Å². The summed E-state index contributed by atoms with van der Waals surface area (Å²) in [6.07, 6.45) is 3.09. The van der Waals surface area contributed by atoms with Crippen molar-refractivity contribution < 1.29 is 27.9 Å². The Kier molecular flexibility index (Phi) is 6.48. The Labute approximate surface area is 168 Å². The monoisotopic (exact) mass is 421 g/mol. The Morgan fingerprint density at radius 3 is 2.66 bits per heavy atom. The highest BCUT2D eigenvalue weighted by Crippen LogP contribution is 2.35. The third kappa shape index (κ3) is 3.97. The van der Waals surface area contributed by atoms with E-state index in [-0.39, 0.29) is 11.4 Å². The van der Waals surface area contributed by atoms with Gasteiger partial charge in [0.2, 0.25) is 14.7 Å². The number of nitrogens with one attached hydrogen (secondary N) is 2. The Bertz CT molecular complexity index is 930. The Balaban J connectivity index is 2.09. The standard InChI is InChI=1S/C19H23N3O6S/c1-27-15-6-8-16(9-7-15)29(25,26)19(18(23)22-24,17-5-3-11-28-17)21-13-14-4-2-10-20-12-14/h2,4,6-10,12,17,21,24H,3,5,11,13H2,1H3,(H,22,23)/t17?,19-/m0/s1. The number of carbonyl (C=O) groups excluding carboxylic acids is 1. The first-order chi connectivity index (χ1) is 14.0. The molecule has 3 rings (SSSR count). The number of ether oxygens (including phenoxy) is 2. The number of amides is 1. The first-order valence-corrected chi connectivity index (χ1v) is 10.5. The zero-order valence-electron chi connectivity index (χ0n) is 15.9. The summed E-state index contributed by atoms with van der Waals surface area (Å²) in [6, 6.07) is 9.14. The number of aromatic nitrogens is 1. The van der Waals surface area contributed by atoms with Gasteiger partial charge < -0.3 is 9.47 Å². The molecule has 2 atom stereocenters. The van der Waals surface area contributed by atoms with Crippen LogP contribution in [0.1, 0.15) is 18.4 Å². The van der Waals surface area contributed by atoms with Crippen molar-refractivity contribution in [2.75, 3.05) is 13.7 Å². The molecule has 10 heteroatoms. The molecule has 3 N–H and O–H groups in total. The molecule has 1 unspecified atom stereocenters. The van der Waals surface area contributed by atoms with Gasteiger partial charge in [0.15, 0.2) is 0 Å². The van der Waals surface area contributed by atoms with Gasteiger partial charge in [0.25, 0.3) is 5.91 Å². The van der Waals surface area contributed by atoms with Crippen LogP contribution in [0, 0.1) is 0 Å². The van der Waals surface area contributed by atoms with Crippen molar-refractivity contribution in [1.82, 2.24) is 15.8 Å². The summed E-state index contributed by atoms with van der Waals surface area (Å²) < 4.78 is 38.1. The summed E-state index contributed by atoms with van der Waals surface area (Å²) in [5.74, 6) is -0.634. The van der Waals surface area contributed by atoms with E-state index in [2.05, 4.69) is 10.3 Å². The highest BCUT2D eigenvalue weighted by molar-refractivity contribution is 7.93. The van der Waals surface area contributed by atoms with E-state index >= 15 is 0 Å². The molecule has 1 amide bonds. The molecule has 1 aliphatic rings. The number of methoxy groups -OCH3 is 1. The van der Waals surface area contributed by atoms with Gasteiger partial charge in [0.1, 0.15) is 5.75 Å². The maximum absolute atomic E-state index is 13.7. The van der Waals surface area contributed by atoms with Crippen LogP contribution in [0.4, 0.5) is 0 Å². The molecule has 9 nitrogen and oxygen atoms in total. The van der Waals surface area contributed by atoms with E-state index in [1.807, 2.05) is 0 Å². The topological polar surface area (TPSA) is 127 Å². The van der Waals surface area contributed by atoms with Gasteiger partial charge in [0, 0.05) is 25.5 Å². The van der Waals surface area contributed by atoms with Crippen molar-refractivity contribution in [1.29, 1.82) is 0 Å². The zero-order valence-corrected chi connectivity index (χ0v) is 16.7. The van der Waals surface area contributed by atoms with Crippen molar-refractivity contribution in [3.63, 3.8) is 0 Å². The molecule has 0 spiro atoms. The number of nitrogens with zero attached hydrogens (tertiary/aromatic N) is 1. The van der Waals surface area contributed by atoms with Crippen molar-refractivity contribution in [2.45, 2.75) is 35.3 Å². The predicted molar refractivity (Wildman–Crippen MR) is 103 cm³/mol. The largest absolute Gasteiger partial charge is 0.497 e. The fraction of sp³-hybridized carbons (Fsp3) is 0.368. The van der Waals surface area contributed by atoms with E-state index in [4.69, 9.17) is 9.47 Å². The molecule has 0 bridgehead atoms. The molecule has 2 heterocycles. The predicted octanol–water partition coefficient (Wildman–Crippen LogP) is 1.03. The van der Waals surface area contributed by atoms with Crippen LogP contribution in [-0.2, 0) is 25.9 Å². The summed E-state index contributed by atoms with van der Waals surface area (Å²) in [5.41, 5.74) is 2.19. The highest BCUT2D eigenvalue weighted by Gasteiger charge is 2.58. The van der Waals surface area contributed by atoms with Crippen LogP contribution >= 0.6 is 0 Å². The molecule has 1 fully saturated rings. The van der Waals surface area contributed by atoms with Gasteiger partial charge >= 0.3 is 0 Å². The molecule has 1 aromatic carbocycles. The molecule has 29 heavy (non-hydrogen) atoms. The van der Waals surface area contributed by atoms with E-state index in [9.17, 15) is 18.4 Å². The van der Waals surface area contributed by atoms with Gasteiger partial charge in [0.05, 0.1) is 18.1 Å². The van der Waals surface area contributed by atoms with E-state index in [1.54, 1.807) is 24.5 Å². The number of benzene rings is 1. The average Bonchev–Trinajstić information content (AvgIpc) is 3.29. The van der Waals surface area contributed by atoms with Crippen LogP contribution in [0.25, 0.3) is 0 Å². The van der Waals surface area contributed by atoms with Crippen LogP contribution in [0.3, 0.4) is 0 Å². The molecule has 156 valence electrons. The van der Waals surface area contributed by atoms with E-state index in [1.165, 1.54) is 36.9 Å². The number of hydrogen-bond acceptors (Lipinski definition) is 8. The molecule has 2 aromatic rings. The lowest BCUT2D eigenvalue weighted by molar-refractivity contribution is -0.137. The smallest absolute Gasteiger partial charge is 0.282 e. The molecular formula is C19H23N3O6S. The summed E-state index contributed by atoms with van der Waals surface area (Å²) in [4.78, 5) is 14.5. The van der Waals surface area contributed by atoms with E-state index < -0.39 is 26.7 Å². The van der Waals surface area contributed by atoms with Crippen LogP contribution in [0.2, 0.25) is 0 Å². The second-order valence-electron chi connectivity index (χ2n) is 6.57. The molecular weight excluding hydrogens is 398 g/mol. The number of carbonyl (C=O) groups is 1. The van der Waals surface area contributed by atoms with Gasteiger partial charge in [-0.05, 0) is 48.7 Å². The van der Waals surface area contributed by atoms with Gasteiger partial charge in [-0.25, -0.2) is 13.9 Å². The van der Waals surface area contributed by atoms with Gasteiger partial charge in [-0.3, -0.25) is 20.3 Å². The minimum absolute atomic E-state index is 0.0243. The second kappa shape index (κ2) is 8.87. The van der Waals surface area contributed by atoms with Crippen molar-refractivity contribution in [3.8, 4) is 5.75 Å². The quantitative estimate of drug-likeness (QED) is 0.426. The lowest BCUT2D eigenvalue weighted by Gasteiger charge is -2.36. The number of pyridine rings is 1. The van der Waals surface area contributed by atoms with E-state index in [0.29, 0.717) is 30.8 Å². The van der Waals surface area contributed by atoms with Crippen LogP contribution < -0.4 is 15.5 Å². The average molecular weight is 421 g/mol. The Morgan fingerprint density at radius 1 is 1.34 bits per heavy atom. The molecule has 1 saturated heterocycles. The second-order valence-corrected chi connectivity index (χ2v) is 8.69. The van der Waals surface area contributed by atoms with E-state index in [0.717, 1.165) is 0 Å². The zero-order chi connectivity index (χ0) is 20.9. The Morgan fingerprint density at radius 2 is 2.10 bits per heavy atom. The third-order valence-electron chi connectivity index (χ3n) is 4.89. The van der Waals surface area contributed by atoms with Crippen LogP contribution in [0.5, 0.6) is 5.75 Å².